The summed E-state index contributed by atoms with van der Waals surface area (Å²) >= 11 is 0. The van der Waals surface area contributed by atoms with Crippen molar-refractivity contribution in [3.63, 3.8) is 0 Å². The van der Waals surface area contributed by atoms with Crippen LogP contribution >= 0.6 is 0 Å². The Morgan fingerprint density at radius 3 is 2.33 bits per heavy atom. The number of hydrogen-bond donors (Lipinski definition) is 1. The summed E-state index contributed by atoms with van der Waals surface area (Å²) in [7, 11) is -2.03. The van der Waals surface area contributed by atoms with Gasteiger partial charge in [-0.15, -0.1) is 0 Å². The van der Waals surface area contributed by atoms with Gasteiger partial charge in [0, 0.05) is 43.1 Å². The molecule has 1 N–H and O–H groups in total. The number of rotatable bonds is 6. The largest absolute Gasteiger partial charge is 0.497 e. The molecule has 1 aliphatic rings. The van der Waals surface area contributed by atoms with Crippen LogP contribution in [0.5, 0.6) is 5.75 Å². The van der Waals surface area contributed by atoms with Gasteiger partial charge in [0.15, 0.2) is 0 Å². The van der Waals surface area contributed by atoms with Gasteiger partial charge in [0.1, 0.15) is 11.6 Å². The summed E-state index contributed by atoms with van der Waals surface area (Å²) in [6.45, 7) is 7.19. The molecule has 1 aromatic heterocycles. The van der Waals surface area contributed by atoms with E-state index in [1.807, 2.05) is 51.1 Å². The topological polar surface area (TPSA) is 87.7 Å². The van der Waals surface area contributed by atoms with Gasteiger partial charge in [-0.2, -0.15) is 9.29 Å². The molecule has 0 aliphatic carbocycles. The predicted molar refractivity (Wildman–Crippen MR) is 130 cm³/mol. The second kappa shape index (κ2) is 9.36. The van der Waals surface area contributed by atoms with Crippen LogP contribution in [0.1, 0.15) is 18.2 Å². The van der Waals surface area contributed by atoms with Crippen molar-refractivity contribution in [2.45, 2.75) is 31.7 Å². The van der Waals surface area contributed by atoms with Crippen LogP contribution in [-0.4, -0.2) is 55.5 Å². The van der Waals surface area contributed by atoms with Crippen molar-refractivity contribution in [2.75, 3.05) is 37.0 Å². The Bertz CT molecular complexity index is 1210. The number of anilines is 3. The van der Waals surface area contributed by atoms with Gasteiger partial charge in [0.2, 0.25) is 16.0 Å². The van der Waals surface area contributed by atoms with E-state index < -0.39 is 10.0 Å². The summed E-state index contributed by atoms with van der Waals surface area (Å²) in [5, 5.41) is 3.34. The maximum absolute atomic E-state index is 13.1. The van der Waals surface area contributed by atoms with E-state index in [9.17, 15) is 8.42 Å². The number of hydrogen-bond acceptors (Lipinski definition) is 7. The molecule has 3 aromatic rings. The number of piperazine rings is 1. The molecule has 0 spiro atoms. The molecule has 0 bridgehead atoms. The molecule has 4 rings (SSSR count). The first kappa shape index (κ1) is 23.0. The van der Waals surface area contributed by atoms with Crippen molar-refractivity contribution >= 4 is 27.5 Å². The highest BCUT2D eigenvalue weighted by molar-refractivity contribution is 7.89. The molecular formula is C24H29N5O3S. The molecule has 9 heteroatoms. The number of methoxy groups -OCH3 is 1. The van der Waals surface area contributed by atoms with Gasteiger partial charge < -0.3 is 15.0 Å². The molecule has 1 aliphatic heterocycles. The van der Waals surface area contributed by atoms with Gasteiger partial charge in [-0.25, -0.2) is 13.4 Å². The third kappa shape index (κ3) is 5.09. The summed E-state index contributed by atoms with van der Waals surface area (Å²) in [4.78, 5) is 11.7. The van der Waals surface area contributed by atoms with Gasteiger partial charge in [-0.3, -0.25) is 0 Å². The third-order valence-corrected chi connectivity index (χ3v) is 7.59. The van der Waals surface area contributed by atoms with Gasteiger partial charge >= 0.3 is 0 Å². The Kier molecular flexibility index (Phi) is 6.53. The lowest BCUT2D eigenvalue weighted by atomic mass is 10.2. The Balaban J connectivity index is 1.50. The zero-order chi connectivity index (χ0) is 23.6. The van der Waals surface area contributed by atoms with Crippen molar-refractivity contribution in [3.05, 3.63) is 65.9 Å². The van der Waals surface area contributed by atoms with E-state index in [-0.39, 0.29) is 10.9 Å². The van der Waals surface area contributed by atoms with Crippen LogP contribution in [0.25, 0.3) is 0 Å². The minimum Gasteiger partial charge on any atom is -0.497 e. The zero-order valence-electron chi connectivity index (χ0n) is 19.3. The van der Waals surface area contributed by atoms with Crippen LogP contribution < -0.4 is 15.0 Å². The van der Waals surface area contributed by atoms with Crippen LogP contribution in [0, 0.1) is 13.8 Å². The van der Waals surface area contributed by atoms with Gasteiger partial charge in [-0.1, -0.05) is 17.7 Å². The molecule has 1 fully saturated rings. The van der Waals surface area contributed by atoms with Crippen molar-refractivity contribution in [1.82, 2.24) is 14.3 Å². The van der Waals surface area contributed by atoms with E-state index in [2.05, 4.69) is 15.2 Å². The maximum atomic E-state index is 13.1. The van der Waals surface area contributed by atoms with Crippen LogP contribution in [0.15, 0.2) is 59.5 Å². The van der Waals surface area contributed by atoms with E-state index in [1.54, 1.807) is 31.4 Å². The molecule has 0 saturated carbocycles. The van der Waals surface area contributed by atoms with E-state index in [4.69, 9.17) is 9.72 Å². The molecule has 0 radical (unpaired) electrons. The smallest absolute Gasteiger partial charge is 0.243 e. The Morgan fingerprint density at radius 2 is 1.70 bits per heavy atom. The zero-order valence-corrected chi connectivity index (χ0v) is 20.1. The first-order chi connectivity index (χ1) is 15.8. The van der Waals surface area contributed by atoms with Crippen molar-refractivity contribution in [3.8, 4) is 5.75 Å². The van der Waals surface area contributed by atoms with Crippen LogP contribution in [0.2, 0.25) is 0 Å². The van der Waals surface area contributed by atoms with Crippen molar-refractivity contribution < 1.29 is 13.2 Å². The molecule has 0 amide bonds. The Hall–Kier alpha value is -3.17. The lowest BCUT2D eigenvalue weighted by Crippen LogP contribution is -2.54. The summed E-state index contributed by atoms with van der Waals surface area (Å²) < 4.78 is 32.9. The van der Waals surface area contributed by atoms with E-state index in [0.29, 0.717) is 37.1 Å². The number of sulfonamides is 1. The molecule has 1 saturated heterocycles. The number of aryl methyl sites for hydroxylation is 2. The molecule has 1 atom stereocenters. The molecular weight excluding hydrogens is 438 g/mol. The first-order valence-electron chi connectivity index (χ1n) is 10.9. The second-order valence-electron chi connectivity index (χ2n) is 8.27. The number of ether oxygens (including phenoxy) is 1. The normalized spacial score (nSPS) is 17.1. The number of nitrogens with zero attached hydrogens (tertiary/aromatic N) is 4. The minimum absolute atomic E-state index is 0.0826. The monoisotopic (exact) mass is 467 g/mol. The Morgan fingerprint density at radius 1 is 1.00 bits per heavy atom. The number of nitrogens with one attached hydrogen (secondary N) is 1. The van der Waals surface area contributed by atoms with Crippen LogP contribution in [0.4, 0.5) is 17.5 Å². The van der Waals surface area contributed by atoms with Crippen LogP contribution in [0.3, 0.4) is 0 Å². The molecule has 1 unspecified atom stereocenters. The quantitative estimate of drug-likeness (QED) is 0.591. The fourth-order valence-electron chi connectivity index (χ4n) is 3.87. The second-order valence-corrected chi connectivity index (χ2v) is 10.2. The highest BCUT2D eigenvalue weighted by Gasteiger charge is 2.33. The lowest BCUT2D eigenvalue weighted by molar-refractivity contribution is 0.339. The van der Waals surface area contributed by atoms with E-state index in [1.165, 1.54) is 9.87 Å². The van der Waals surface area contributed by atoms with Gasteiger partial charge in [-0.05, 0) is 57.2 Å². The van der Waals surface area contributed by atoms with E-state index >= 15 is 0 Å². The summed E-state index contributed by atoms with van der Waals surface area (Å²) in [5.41, 5.74) is 2.99. The molecule has 8 nitrogen and oxygen atoms in total. The number of aromatic nitrogens is 2. The summed E-state index contributed by atoms with van der Waals surface area (Å²) in [6, 6.07) is 16.4. The Labute approximate surface area is 195 Å². The SMILES string of the molecule is COc1ccc(S(=O)(=O)N2CCN(c3nc(C)cc(Nc4ccc(C)cc4)n3)C(C)C2)cc1. The highest BCUT2D eigenvalue weighted by atomic mass is 32.2. The molecule has 33 heavy (non-hydrogen) atoms. The molecule has 2 heterocycles. The average molecular weight is 468 g/mol. The summed E-state index contributed by atoms with van der Waals surface area (Å²) in [5.74, 6) is 1.93. The maximum Gasteiger partial charge on any atom is 0.243 e. The summed E-state index contributed by atoms with van der Waals surface area (Å²) in [6.07, 6.45) is 0. The average Bonchev–Trinajstić information content (AvgIpc) is 2.80. The fourth-order valence-corrected chi connectivity index (χ4v) is 5.38. The van der Waals surface area contributed by atoms with Gasteiger partial charge in [0.05, 0.1) is 12.0 Å². The number of benzene rings is 2. The van der Waals surface area contributed by atoms with E-state index in [0.717, 1.165) is 11.4 Å². The fraction of sp³-hybridized carbons (Fsp3) is 0.333. The van der Waals surface area contributed by atoms with Gasteiger partial charge in [0.25, 0.3) is 0 Å². The minimum atomic E-state index is -3.59. The lowest BCUT2D eigenvalue weighted by Gasteiger charge is -2.39. The van der Waals surface area contributed by atoms with Crippen molar-refractivity contribution in [2.24, 2.45) is 0 Å². The highest BCUT2D eigenvalue weighted by Crippen LogP contribution is 2.25. The third-order valence-electron chi connectivity index (χ3n) is 5.71. The standard InChI is InChI=1S/C24H29N5O3S/c1-17-5-7-20(8-6-17)26-23-15-18(2)25-24(27-23)29-14-13-28(16-19(29)3)33(30,31)22-11-9-21(32-4)10-12-22/h5-12,15,19H,13-14,16H2,1-4H3,(H,25,26,27). The molecule has 2 aromatic carbocycles. The predicted octanol–water partition coefficient (Wildman–Crippen LogP) is 3.75. The molecule has 174 valence electrons. The first-order valence-corrected chi connectivity index (χ1v) is 12.3. The van der Waals surface area contributed by atoms with Crippen LogP contribution in [-0.2, 0) is 10.0 Å². The van der Waals surface area contributed by atoms with Crippen molar-refractivity contribution in [1.29, 1.82) is 0 Å².